The van der Waals surface area contributed by atoms with Crippen LogP contribution in [0.25, 0.3) is 17.0 Å². The molecule has 4 rings (SSSR count). The molecule has 0 atom stereocenters. The van der Waals surface area contributed by atoms with Crippen LogP contribution in [0, 0.1) is 0 Å². The molecule has 0 unspecified atom stereocenters. The van der Waals surface area contributed by atoms with Crippen molar-refractivity contribution in [3.8, 4) is 17.1 Å². The second kappa shape index (κ2) is 9.09. The van der Waals surface area contributed by atoms with Gasteiger partial charge in [0.2, 0.25) is 0 Å². The molecule has 2 aromatic heterocycles. The van der Waals surface area contributed by atoms with Crippen LogP contribution in [0.4, 0.5) is 4.79 Å². The lowest BCUT2D eigenvalue weighted by atomic mass is 10.1. The Morgan fingerprint density at radius 3 is 2.47 bits per heavy atom. The van der Waals surface area contributed by atoms with E-state index in [1.54, 1.807) is 4.52 Å². The van der Waals surface area contributed by atoms with Crippen molar-refractivity contribution in [3.05, 3.63) is 84.1 Å². The molecule has 1 N–H and O–H groups in total. The monoisotopic (exact) mass is 430 g/mol. The molecule has 7 nitrogen and oxygen atoms in total. The highest BCUT2D eigenvalue weighted by Gasteiger charge is 2.15. The average Bonchev–Trinajstić information content (AvgIpc) is 3.20. The summed E-state index contributed by atoms with van der Waals surface area (Å²) in [5.41, 5.74) is 3.15. The largest absolute Gasteiger partial charge is 0.489 e. The first-order valence-electron chi connectivity index (χ1n) is 10.4. The molecule has 164 valence electrons. The Kier molecular flexibility index (Phi) is 6.07. The average molecular weight is 431 g/mol. The van der Waals surface area contributed by atoms with Crippen molar-refractivity contribution < 1.29 is 14.3 Å². The molecule has 32 heavy (non-hydrogen) atoms. The number of rotatable bonds is 6. The Morgan fingerprint density at radius 2 is 1.75 bits per heavy atom. The lowest BCUT2D eigenvalue weighted by molar-refractivity contribution is 0.0523. The van der Waals surface area contributed by atoms with Crippen molar-refractivity contribution in [2.24, 2.45) is 0 Å². The molecule has 0 aliphatic rings. The van der Waals surface area contributed by atoms with E-state index in [0.29, 0.717) is 24.6 Å². The van der Waals surface area contributed by atoms with Crippen LogP contribution in [0.15, 0.2) is 72.9 Å². The Hall–Kier alpha value is -3.87. The van der Waals surface area contributed by atoms with E-state index in [9.17, 15) is 4.79 Å². The SMILES string of the molecule is CC(C)(C)OC(=O)NCc1ccc(-c2nc3cc(OCc4ccccc4)ccn3n2)cc1. The van der Waals surface area contributed by atoms with Crippen LogP contribution >= 0.6 is 0 Å². The van der Waals surface area contributed by atoms with Gasteiger partial charge in [-0.1, -0.05) is 54.6 Å². The van der Waals surface area contributed by atoms with Crippen molar-refractivity contribution >= 4 is 11.7 Å². The summed E-state index contributed by atoms with van der Waals surface area (Å²) in [6.07, 6.45) is 1.40. The number of carbonyl (C=O) groups is 1. The maximum atomic E-state index is 11.8. The van der Waals surface area contributed by atoms with Crippen molar-refractivity contribution in [2.45, 2.75) is 39.5 Å². The standard InChI is InChI=1S/C25H26N4O3/c1-25(2,3)32-24(30)26-16-18-9-11-20(12-10-18)23-27-22-15-21(13-14-29(22)28-23)31-17-19-7-5-4-6-8-19/h4-15H,16-17H2,1-3H3,(H,26,30). The highest BCUT2D eigenvalue weighted by Crippen LogP contribution is 2.20. The van der Waals surface area contributed by atoms with Gasteiger partial charge in [-0.2, -0.15) is 0 Å². The molecular weight excluding hydrogens is 404 g/mol. The van der Waals surface area contributed by atoms with Crippen molar-refractivity contribution in [2.75, 3.05) is 0 Å². The predicted molar refractivity (Wildman–Crippen MR) is 122 cm³/mol. The first-order valence-corrected chi connectivity index (χ1v) is 10.4. The van der Waals surface area contributed by atoms with E-state index in [1.807, 2.05) is 93.7 Å². The summed E-state index contributed by atoms with van der Waals surface area (Å²) in [6, 6.07) is 21.5. The minimum atomic E-state index is -0.519. The molecule has 0 aliphatic heterocycles. The maximum absolute atomic E-state index is 11.8. The van der Waals surface area contributed by atoms with Gasteiger partial charge in [-0.25, -0.2) is 14.3 Å². The normalized spacial score (nSPS) is 11.3. The molecular formula is C25H26N4O3. The molecule has 4 aromatic rings. The van der Waals surface area contributed by atoms with E-state index in [-0.39, 0.29) is 0 Å². The van der Waals surface area contributed by atoms with E-state index in [0.717, 1.165) is 22.4 Å². The van der Waals surface area contributed by atoms with Crippen LogP contribution in [0.5, 0.6) is 5.75 Å². The van der Waals surface area contributed by atoms with Crippen LogP contribution in [0.3, 0.4) is 0 Å². The fourth-order valence-corrected chi connectivity index (χ4v) is 3.08. The summed E-state index contributed by atoms with van der Waals surface area (Å²) in [4.78, 5) is 16.4. The number of aromatic nitrogens is 3. The van der Waals surface area contributed by atoms with Crippen LogP contribution in [-0.4, -0.2) is 26.3 Å². The number of nitrogens with one attached hydrogen (secondary N) is 1. The quantitative estimate of drug-likeness (QED) is 0.466. The van der Waals surface area contributed by atoms with Gasteiger partial charge in [-0.05, 0) is 38.0 Å². The Balaban J connectivity index is 1.40. The molecule has 0 spiro atoms. The molecule has 0 saturated heterocycles. The number of carbonyl (C=O) groups excluding carboxylic acids is 1. The Bertz CT molecular complexity index is 1200. The maximum Gasteiger partial charge on any atom is 0.407 e. The Labute approximate surface area is 187 Å². The number of alkyl carbamates (subject to hydrolysis) is 1. The van der Waals surface area contributed by atoms with Gasteiger partial charge in [-0.3, -0.25) is 0 Å². The summed E-state index contributed by atoms with van der Waals surface area (Å²) in [6.45, 7) is 6.39. The molecule has 0 saturated carbocycles. The summed E-state index contributed by atoms with van der Waals surface area (Å²) in [5.74, 6) is 1.36. The van der Waals surface area contributed by atoms with Gasteiger partial charge < -0.3 is 14.8 Å². The zero-order chi connectivity index (χ0) is 22.6. The summed E-state index contributed by atoms with van der Waals surface area (Å²) < 4.78 is 12.9. The van der Waals surface area contributed by atoms with E-state index in [2.05, 4.69) is 15.4 Å². The number of pyridine rings is 1. The molecule has 7 heteroatoms. The minimum Gasteiger partial charge on any atom is -0.489 e. The van der Waals surface area contributed by atoms with Crippen molar-refractivity contribution in [1.29, 1.82) is 0 Å². The molecule has 1 amide bonds. The topological polar surface area (TPSA) is 77.8 Å². The third-order valence-electron chi connectivity index (χ3n) is 4.61. The van der Waals surface area contributed by atoms with Crippen LogP contribution in [-0.2, 0) is 17.9 Å². The van der Waals surface area contributed by atoms with E-state index in [4.69, 9.17) is 9.47 Å². The van der Waals surface area contributed by atoms with Crippen LogP contribution < -0.4 is 10.1 Å². The third kappa shape index (κ3) is 5.63. The fraction of sp³-hybridized carbons (Fsp3) is 0.240. The second-order valence-corrected chi connectivity index (χ2v) is 8.43. The number of nitrogens with zero attached hydrogens (tertiary/aromatic N) is 3. The molecule has 0 aliphatic carbocycles. The predicted octanol–water partition coefficient (Wildman–Crippen LogP) is 5.00. The van der Waals surface area contributed by atoms with E-state index < -0.39 is 11.7 Å². The number of ether oxygens (including phenoxy) is 2. The highest BCUT2D eigenvalue weighted by atomic mass is 16.6. The van der Waals surface area contributed by atoms with Gasteiger partial charge in [-0.15, -0.1) is 5.10 Å². The summed E-state index contributed by atoms with van der Waals surface area (Å²) in [7, 11) is 0. The zero-order valence-electron chi connectivity index (χ0n) is 18.4. The van der Waals surface area contributed by atoms with E-state index in [1.165, 1.54) is 0 Å². The number of fused-ring (bicyclic) bond motifs is 1. The molecule has 0 radical (unpaired) electrons. The zero-order valence-corrected chi connectivity index (χ0v) is 18.4. The van der Waals surface area contributed by atoms with Gasteiger partial charge >= 0.3 is 6.09 Å². The lowest BCUT2D eigenvalue weighted by Crippen LogP contribution is -2.32. The van der Waals surface area contributed by atoms with Crippen LogP contribution in [0.1, 0.15) is 31.9 Å². The second-order valence-electron chi connectivity index (χ2n) is 8.43. The van der Waals surface area contributed by atoms with Gasteiger partial charge in [0.15, 0.2) is 11.5 Å². The molecule has 2 aromatic carbocycles. The van der Waals surface area contributed by atoms with Crippen molar-refractivity contribution in [3.63, 3.8) is 0 Å². The molecule has 2 heterocycles. The lowest BCUT2D eigenvalue weighted by Gasteiger charge is -2.19. The van der Waals surface area contributed by atoms with Gasteiger partial charge in [0.1, 0.15) is 18.0 Å². The van der Waals surface area contributed by atoms with Gasteiger partial charge in [0.05, 0.1) is 0 Å². The molecule has 0 fully saturated rings. The number of hydrogen-bond acceptors (Lipinski definition) is 5. The van der Waals surface area contributed by atoms with Gasteiger partial charge in [0, 0.05) is 24.4 Å². The minimum absolute atomic E-state index is 0.385. The smallest absolute Gasteiger partial charge is 0.407 e. The first-order chi connectivity index (χ1) is 15.4. The van der Waals surface area contributed by atoms with Crippen LogP contribution in [0.2, 0.25) is 0 Å². The summed E-state index contributed by atoms with van der Waals surface area (Å²) >= 11 is 0. The number of benzene rings is 2. The fourth-order valence-electron chi connectivity index (χ4n) is 3.08. The third-order valence-corrected chi connectivity index (χ3v) is 4.61. The Morgan fingerprint density at radius 1 is 1.00 bits per heavy atom. The van der Waals surface area contributed by atoms with Crippen molar-refractivity contribution in [1.82, 2.24) is 19.9 Å². The first kappa shape index (κ1) is 21.4. The molecule has 0 bridgehead atoms. The number of hydrogen-bond donors (Lipinski definition) is 1. The highest BCUT2D eigenvalue weighted by molar-refractivity contribution is 5.67. The number of amides is 1. The van der Waals surface area contributed by atoms with E-state index >= 15 is 0 Å². The van der Waals surface area contributed by atoms with Gasteiger partial charge in [0.25, 0.3) is 0 Å². The summed E-state index contributed by atoms with van der Waals surface area (Å²) in [5, 5.41) is 7.30.